The van der Waals surface area contributed by atoms with Crippen LogP contribution in [0.2, 0.25) is 0 Å². The van der Waals surface area contributed by atoms with Crippen LogP contribution in [-0.4, -0.2) is 21.9 Å². The number of nitrogens with one attached hydrogen (secondary N) is 1. The summed E-state index contributed by atoms with van der Waals surface area (Å²) in [6, 6.07) is 5.32. The zero-order valence-corrected chi connectivity index (χ0v) is 11.0. The zero-order chi connectivity index (χ0) is 15.6. The van der Waals surface area contributed by atoms with Gasteiger partial charge in [-0.25, -0.2) is 9.18 Å². The first-order valence-corrected chi connectivity index (χ1v) is 6.28. The van der Waals surface area contributed by atoms with E-state index in [1.165, 1.54) is 12.1 Å². The van der Waals surface area contributed by atoms with Gasteiger partial charge in [-0.2, -0.15) is 0 Å². The summed E-state index contributed by atoms with van der Waals surface area (Å²) in [6.07, 6.45) is 0. The number of nitro groups is 1. The standard InChI is InChI=1S/C12H7FN2O5S/c13-8-5-6(15(19)20)1-2-7(8)11(16)14-10-4-3-9(21-10)12(17)18/h1-5H,(H,14,16)(H,17,18). The number of hydrogen-bond donors (Lipinski definition) is 2. The molecule has 2 N–H and O–H groups in total. The lowest BCUT2D eigenvalue weighted by Gasteiger charge is -2.03. The smallest absolute Gasteiger partial charge is 0.345 e. The SMILES string of the molecule is O=C(O)c1ccc(NC(=O)c2ccc([N+](=O)[O-])cc2F)s1. The average Bonchev–Trinajstić information content (AvgIpc) is 2.87. The number of thiophene rings is 1. The maximum atomic E-state index is 13.6. The number of benzene rings is 1. The Hall–Kier alpha value is -2.81. The molecule has 2 aromatic rings. The molecule has 1 aromatic carbocycles. The van der Waals surface area contributed by atoms with Crippen molar-refractivity contribution < 1.29 is 24.0 Å². The normalized spacial score (nSPS) is 10.1. The van der Waals surface area contributed by atoms with E-state index in [0.29, 0.717) is 6.07 Å². The molecular formula is C12H7FN2O5S. The third-order valence-electron chi connectivity index (χ3n) is 2.46. The van der Waals surface area contributed by atoms with Crippen molar-refractivity contribution >= 4 is 33.9 Å². The third-order valence-corrected chi connectivity index (χ3v) is 3.45. The first kappa shape index (κ1) is 14.6. The van der Waals surface area contributed by atoms with Gasteiger partial charge in [0.2, 0.25) is 0 Å². The van der Waals surface area contributed by atoms with Crippen molar-refractivity contribution in [3.8, 4) is 0 Å². The monoisotopic (exact) mass is 310 g/mol. The van der Waals surface area contributed by atoms with Crippen LogP contribution in [0.25, 0.3) is 0 Å². The van der Waals surface area contributed by atoms with E-state index in [-0.39, 0.29) is 15.4 Å². The van der Waals surface area contributed by atoms with E-state index < -0.39 is 28.3 Å². The highest BCUT2D eigenvalue weighted by atomic mass is 32.1. The number of carbonyl (C=O) groups is 2. The third kappa shape index (κ3) is 3.20. The van der Waals surface area contributed by atoms with Crippen LogP contribution >= 0.6 is 11.3 Å². The number of anilines is 1. The van der Waals surface area contributed by atoms with Gasteiger partial charge in [0.1, 0.15) is 10.7 Å². The van der Waals surface area contributed by atoms with Crippen LogP contribution in [0.1, 0.15) is 20.0 Å². The predicted octanol–water partition coefficient (Wildman–Crippen LogP) is 2.75. The van der Waals surface area contributed by atoms with Gasteiger partial charge in [-0.3, -0.25) is 14.9 Å². The fourth-order valence-electron chi connectivity index (χ4n) is 1.50. The first-order valence-electron chi connectivity index (χ1n) is 5.47. The van der Waals surface area contributed by atoms with Gasteiger partial charge in [-0.1, -0.05) is 0 Å². The zero-order valence-electron chi connectivity index (χ0n) is 10.2. The largest absolute Gasteiger partial charge is 0.477 e. The number of carboxylic acids is 1. The van der Waals surface area contributed by atoms with Gasteiger partial charge in [-0.15, -0.1) is 11.3 Å². The molecule has 108 valence electrons. The Labute approximate surface area is 120 Å². The van der Waals surface area contributed by atoms with Crippen molar-refractivity contribution in [3.05, 3.63) is 56.7 Å². The predicted molar refractivity (Wildman–Crippen MR) is 72.3 cm³/mol. The van der Waals surface area contributed by atoms with E-state index >= 15 is 0 Å². The summed E-state index contributed by atoms with van der Waals surface area (Å²) in [5.41, 5.74) is -0.834. The quantitative estimate of drug-likeness (QED) is 0.666. The van der Waals surface area contributed by atoms with Gasteiger partial charge in [0.05, 0.1) is 21.6 Å². The number of aromatic carboxylic acids is 1. The Morgan fingerprint density at radius 1 is 1.29 bits per heavy atom. The highest BCUT2D eigenvalue weighted by Crippen LogP contribution is 2.23. The molecule has 0 aliphatic carbocycles. The van der Waals surface area contributed by atoms with Crippen LogP contribution in [-0.2, 0) is 0 Å². The number of nitro benzene ring substituents is 1. The molecule has 0 unspecified atom stereocenters. The number of halogens is 1. The van der Waals surface area contributed by atoms with Crippen LogP contribution in [0.4, 0.5) is 15.1 Å². The summed E-state index contributed by atoms with van der Waals surface area (Å²) in [5, 5.41) is 21.8. The summed E-state index contributed by atoms with van der Waals surface area (Å²) in [5.74, 6) is -2.99. The van der Waals surface area contributed by atoms with Crippen LogP contribution in [0.5, 0.6) is 0 Å². The van der Waals surface area contributed by atoms with Crippen molar-refractivity contribution in [2.75, 3.05) is 5.32 Å². The van der Waals surface area contributed by atoms with Crippen LogP contribution in [0.15, 0.2) is 30.3 Å². The van der Waals surface area contributed by atoms with Crippen LogP contribution in [0, 0.1) is 15.9 Å². The fraction of sp³-hybridized carbons (Fsp3) is 0. The van der Waals surface area contributed by atoms with Crippen LogP contribution < -0.4 is 5.32 Å². The number of hydrogen-bond acceptors (Lipinski definition) is 5. The lowest BCUT2D eigenvalue weighted by molar-refractivity contribution is -0.385. The molecule has 9 heteroatoms. The summed E-state index contributed by atoms with van der Waals surface area (Å²) in [7, 11) is 0. The van der Waals surface area contributed by atoms with Crippen molar-refractivity contribution in [1.29, 1.82) is 0 Å². The number of rotatable bonds is 4. The Balaban J connectivity index is 2.20. The Morgan fingerprint density at radius 2 is 2.00 bits per heavy atom. The van der Waals surface area contributed by atoms with Crippen molar-refractivity contribution in [2.45, 2.75) is 0 Å². The minimum Gasteiger partial charge on any atom is -0.477 e. The van der Waals surface area contributed by atoms with E-state index in [4.69, 9.17) is 5.11 Å². The fourth-order valence-corrected chi connectivity index (χ4v) is 2.24. The molecule has 1 amide bonds. The highest BCUT2D eigenvalue weighted by molar-refractivity contribution is 7.18. The van der Waals surface area contributed by atoms with Crippen molar-refractivity contribution in [2.24, 2.45) is 0 Å². The lowest BCUT2D eigenvalue weighted by Crippen LogP contribution is -2.13. The number of carbonyl (C=O) groups excluding carboxylic acids is 1. The first-order chi connectivity index (χ1) is 9.88. The molecule has 0 radical (unpaired) electrons. The van der Waals surface area contributed by atoms with Gasteiger partial charge in [0.15, 0.2) is 0 Å². The summed E-state index contributed by atoms with van der Waals surface area (Å²) < 4.78 is 13.6. The number of carboxylic acid groups (broad SMARTS) is 1. The second-order valence-electron chi connectivity index (χ2n) is 3.84. The number of non-ortho nitro benzene ring substituents is 1. The Kier molecular flexibility index (Phi) is 3.94. The molecule has 0 aliphatic rings. The van der Waals surface area contributed by atoms with Crippen molar-refractivity contribution in [3.63, 3.8) is 0 Å². The van der Waals surface area contributed by atoms with Crippen LogP contribution in [0.3, 0.4) is 0 Å². The van der Waals surface area contributed by atoms with Gasteiger partial charge in [-0.05, 0) is 18.2 Å². The highest BCUT2D eigenvalue weighted by Gasteiger charge is 2.17. The maximum absolute atomic E-state index is 13.6. The molecule has 0 saturated heterocycles. The lowest BCUT2D eigenvalue weighted by atomic mass is 10.2. The van der Waals surface area contributed by atoms with Gasteiger partial charge in [0, 0.05) is 6.07 Å². The van der Waals surface area contributed by atoms with Gasteiger partial charge in [0.25, 0.3) is 11.6 Å². The molecule has 21 heavy (non-hydrogen) atoms. The topological polar surface area (TPSA) is 110 Å². The van der Waals surface area contributed by atoms with E-state index in [2.05, 4.69) is 5.32 Å². The summed E-state index contributed by atoms with van der Waals surface area (Å²) in [6.45, 7) is 0. The molecule has 0 atom stereocenters. The minimum absolute atomic E-state index is 0.0227. The molecular weight excluding hydrogens is 303 g/mol. The van der Waals surface area contributed by atoms with Crippen molar-refractivity contribution in [1.82, 2.24) is 0 Å². The average molecular weight is 310 g/mol. The van der Waals surface area contributed by atoms with Gasteiger partial charge >= 0.3 is 5.97 Å². The Bertz CT molecular complexity index is 743. The second kappa shape index (κ2) is 5.67. The van der Waals surface area contributed by atoms with Gasteiger partial charge < -0.3 is 10.4 Å². The maximum Gasteiger partial charge on any atom is 0.345 e. The van der Waals surface area contributed by atoms with E-state index in [1.807, 2.05) is 0 Å². The Morgan fingerprint density at radius 3 is 2.52 bits per heavy atom. The second-order valence-corrected chi connectivity index (χ2v) is 4.93. The van der Waals surface area contributed by atoms with E-state index in [0.717, 1.165) is 23.5 Å². The number of amides is 1. The van der Waals surface area contributed by atoms with E-state index in [9.17, 15) is 24.1 Å². The molecule has 0 fully saturated rings. The minimum atomic E-state index is -1.14. The van der Waals surface area contributed by atoms with E-state index in [1.54, 1.807) is 0 Å². The molecule has 1 aromatic heterocycles. The molecule has 2 rings (SSSR count). The molecule has 1 heterocycles. The molecule has 0 spiro atoms. The summed E-state index contributed by atoms with van der Waals surface area (Å²) in [4.78, 5) is 32.3. The number of nitrogens with zero attached hydrogens (tertiary/aromatic N) is 1. The molecule has 7 nitrogen and oxygen atoms in total. The molecule has 0 saturated carbocycles. The summed E-state index contributed by atoms with van der Waals surface area (Å²) >= 11 is 0.816. The molecule has 0 aliphatic heterocycles. The molecule has 0 bridgehead atoms.